The number of carbonyl (C=O) groups is 1. The van der Waals surface area contributed by atoms with Crippen molar-refractivity contribution in [2.24, 2.45) is 5.14 Å². The van der Waals surface area contributed by atoms with Gasteiger partial charge in [-0.2, -0.15) is 0 Å². The van der Waals surface area contributed by atoms with Gasteiger partial charge in [0, 0.05) is 4.47 Å². The second kappa shape index (κ2) is 5.22. The molecule has 1 rings (SSSR count). The molecule has 0 spiro atoms. The number of ether oxygens (including phenoxy) is 1. The molecule has 0 aromatic heterocycles. The Bertz CT molecular complexity index is 617. The van der Waals surface area contributed by atoms with Crippen LogP contribution in [0.1, 0.15) is 36.7 Å². The van der Waals surface area contributed by atoms with Crippen LogP contribution in [0.25, 0.3) is 0 Å². The van der Waals surface area contributed by atoms with Crippen molar-refractivity contribution in [2.75, 3.05) is 0 Å². The Morgan fingerprint density at radius 2 is 1.84 bits per heavy atom. The van der Waals surface area contributed by atoms with E-state index in [4.69, 9.17) is 9.88 Å². The van der Waals surface area contributed by atoms with E-state index < -0.39 is 21.6 Å². The molecule has 106 valence electrons. The summed E-state index contributed by atoms with van der Waals surface area (Å²) in [6.45, 7) is 6.72. The molecule has 0 saturated heterocycles. The normalized spacial score (nSPS) is 12.3. The van der Waals surface area contributed by atoms with Crippen molar-refractivity contribution < 1.29 is 17.9 Å². The summed E-state index contributed by atoms with van der Waals surface area (Å²) < 4.78 is 28.6. The molecule has 5 nitrogen and oxygen atoms in total. The first-order valence-electron chi connectivity index (χ1n) is 5.48. The number of halogens is 1. The third-order valence-electron chi connectivity index (χ3n) is 2.25. The van der Waals surface area contributed by atoms with Gasteiger partial charge in [0.05, 0.1) is 10.5 Å². The molecule has 1 aromatic rings. The smallest absolute Gasteiger partial charge is 0.338 e. The van der Waals surface area contributed by atoms with Gasteiger partial charge >= 0.3 is 5.97 Å². The van der Waals surface area contributed by atoms with Gasteiger partial charge in [-0.15, -0.1) is 0 Å². The van der Waals surface area contributed by atoms with Crippen molar-refractivity contribution in [1.29, 1.82) is 0 Å². The van der Waals surface area contributed by atoms with Gasteiger partial charge in [0.2, 0.25) is 10.0 Å². The van der Waals surface area contributed by atoms with Gasteiger partial charge in [-0.25, -0.2) is 18.4 Å². The highest BCUT2D eigenvalue weighted by molar-refractivity contribution is 9.10. The summed E-state index contributed by atoms with van der Waals surface area (Å²) in [5, 5.41) is 5.12. The SMILES string of the molecule is Cc1c(C(=O)OC(C)(C)C)cc(Br)cc1S(N)(=O)=O. The van der Waals surface area contributed by atoms with Gasteiger partial charge in [-0.1, -0.05) is 15.9 Å². The first-order valence-corrected chi connectivity index (χ1v) is 7.82. The number of nitrogens with two attached hydrogens (primary N) is 1. The van der Waals surface area contributed by atoms with E-state index in [1.165, 1.54) is 19.1 Å². The molecular formula is C12H16BrNO4S. The Labute approximate surface area is 121 Å². The van der Waals surface area contributed by atoms with Crippen LogP contribution in [0.4, 0.5) is 0 Å². The highest BCUT2D eigenvalue weighted by Gasteiger charge is 2.23. The van der Waals surface area contributed by atoms with Crippen molar-refractivity contribution in [2.45, 2.75) is 38.2 Å². The molecule has 0 fully saturated rings. The molecule has 0 radical (unpaired) electrons. The van der Waals surface area contributed by atoms with Crippen LogP contribution in [0.5, 0.6) is 0 Å². The molecule has 0 aliphatic heterocycles. The Morgan fingerprint density at radius 3 is 2.26 bits per heavy atom. The predicted octanol–water partition coefficient (Wildman–Crippen LogP) is 2.36. The zero-order chi connectivity index (χ0) is 15.0. The van der Waals surface area contributed by atoms with E-state index >= 15 is 0 Å². The second-order valence-electron chi connectivity index (χ2n) is 5.12. The average molecular weight is 350 g/mol. The second-order valence-corrected chi connectivity index (χ2v) is 7.57. The van der Waals surface area contributed by atoms with Gasteiger partial charge in [0.15, 0.2) is 0 Å². The summed E-state index contributed by atoms with van der Waals surface area (Å²) in [5.41, 5.74) is -0.207. The summed E-state index contributed by atoms with van der Waals surface area (Å²) >= 11 is 3.16. The Hall–Kier alpha value is -0.920. The monoisotopic (exact) mass is 349 g/mol. The third-order valence-corrected chi connectivity index (χ3v) is 3.75. The molecule has 0 saturated carbocycles. The summed E-state index contributed by atoms with van der Waals surface area (Å²) in [6, 6.07) is 2.87. The highest BCUT2D eigenvalue weighted by atomic mass is 79.9. The molecule has 1 aromatic carbocycles. The van der Waals surface area contributed by atoms with Crippen molar-refractivity contribution in [3.05, 3.63) is 27.7 Å². The number of rotatable bonds is 2. The minimum Gasteiger partial charge on any atom is -0.456 e. The fraction of sp³-hybridized carbons (Fsp3) is 0.417. The van der Waals surface area contributed by atoms with E-state index in [0.29, 0.717) is 4.47 Å². The van der Waals surface area contributed by atoms with E-state index in [-0.39, 0.29) is 16.0 Å². The minimum atomic E-state index is -3.89. The zero-order valence-electron chi connectivity index (χ0n) is 11.2. The number of sulfonamides is 1. The molecule has 2 N–H and O–H groups in total. The summed E-state index contributed by atoms with van der Waals surface area (Å²) in [7, 11) is -3.89. The maximum Gasteiger partial charge on any atom is 0.338 e. The van der Waals surface area contributed by atoms with Crippen molar-refractivity contribution in [1.82, 2.24) is 0 Å². The van der Waals surface area contributed by atoms with Crippen LogP contribution in [0.3, 0.4) is 0 Å². The number of esters is 1. The van der Waals surface area contributed by atoms with Crippen molar-refractivity contribution in [3.63, 3.8) is 0 Å². The van der Waals surface area contributed by atoms with Crippen LogP contribution in [0, 0.1) is 6.92 Å². The highest BCUT2D eigenvalue weighted by Crippen LogP contribution is 2.25. The van der Waals surface area contributed by atoms with E-state index in [1.54, 1.807) is 20.8 Å². The third kappa shape index (κ3) is 4.29. The quantitative estimate of drug-likeness (QED) is 0.830. The summed E-state index contributed by atoms with van der Waals surface area (Å²) in [4.78, 5) is 11.9. The molecule has 7 heteroatoms. The molecule has 0 bridgehead atoms. The lowest BCUT2D eigenvalue weighted by molar-refractivity contribution is 0.00683. The van der Waals surface area contributed by atoms with Crippen molar-refractivity contribution in [3.8, 4) is 0 Å². The van der Waals surface area contributed by atoms with Crippen LogP contribution >= 0.6 is 15.9 Å². The number of benzene rings is 1. The van der Waals surface area contributed by atoms with Crippen LogP contribution in [-0.2, 0) is 14.8 Å². The fourth-order valence-electron chi connectivity index (χ4n) is 1.49. The number of carbonyl (C=O) groups excluding carboxylic acids is 1. The lowest BCUT2D eigenvalue weighted by Gasteiger charge is -2.20. The molecule has 0 aliphatic rings. The maximum absolute atomic E-state index is 12.0. The molecule has 0 amide bonds. The number of primary sulfonamides is 1. The molecule has 19 heavy (non-hydrogen) atoms. The molecule has 0 unspecified atom stereocenters. The topological polar surface area (TPSA) is 86.5 Å². The van der Waals surface area contributed by atoms with Gasteiger partial charge in [0.1, 0.15) is 5.60 Å². The van der Waals surface area contributed by atoms with E-state index in [0.717, 1.165) is 0 Å². The Kier molecular flexibility index (Phi) is 4.44. The maximum atomic E-state index is 12.0. The first-order chi connectivity index (χ1) is 8.42. The predicted molar refractivity (Wildman–Crippen MR) is 75.4 cm³/mol. The molecule has 0 heterocycles. The van der Waals surface area contributed by atoms with E-state index in [2.05, 4.69) is 15.9 Å². The van der Waals surface area contributed by atoms with Crippen molar-refractivity contribution >= 4 is 31.9 Å². The number of hydrogen-bond donors (Lipinski definition) is 1. The fourth-order valence-corrected chi connectivity index (χ4v) is 2.93. The first kappa shape index (κ1) is 16.1. The Morgan fingerprint density at radius 1 is 1.32 bits per heavy atom. The van der Waals surface area contributed by atoms with Crippen LogP contribution < -0.4 is 5.14 Å². The van der Waals surface area contributed by atoms with Gasteiger partial charge in [0.25, 0.3) is 0 Å². The van der Waals surface area contributed by atoms with Gasteiger partial charge < -0.3 is 4.74 Å². The van der Waals surface area contributed by atoms with Crippen LogP contribution in [-0.4, -0.2) is 20.0 Å². The minimum absolute atomic E-state index is 0.0947. The number of hydrogen-bond acceptors (Lipinski definition) is 4. The van der Waals surface area contributed by atoms with Crippen LogP contribution in [0.15, 0.2) is 21.5 Å². The lowest BCUT2D eigenvalue weighted by Crippen LogP contribution is -2.25. The molecule has 0 atom stereocenters. The lowest BCUT2D eigenvalue weighted by atomic mass is 10.1. The van der Waals surface area contributed by atoms with Crippen LogP contribution in [0.2, 0.25) is 0 Å². The molecular weight excluding hydrogens is 334 g/mol. The average Bonchev–Trinajstić information content (AvgIpc) is 2.16. The summed E-state index contributed by atoms with van der Waals surface area (Å²) in [6.07, 6.45) is 0. The summed E-state index contributed by atoms with van der Waals surface area (Å²) in [5.74, 6) is -0.587. The zero-order valence-corrected chi connectivity index (χ0v) is 13.6. The Balaban J connectivity index is 3.38. The largest absolute Gasteiger partial charge is 0.456 e. The van der Waals surface area contributed by atoms with E-state index in [9.17, 15) is 13.2 Å². The van der Waals surface area contributed by atoms with E-state index in [1.807, 2.05) is 0 Å². The standard InChI is InChI=1S/C12H16BrNO4S/c1-7-9(11(15)18-12(2,3)4)5-8(13)6-10(7)19(14,16)17/h5-6H,1-4H3,(H2,14,16,17). The van der Waals surface area contributed by atoms with Gasteiger partial charge in [-0.3, -0.25) is 0 Å². The van der Waals surface area contributed by atoms with Gasteiger partial charge in [-0.05, 0) is 45.4 Å². The molecule has 0 aliphatic carbocycles.